The van der Waals surface area contributed by atoms with Crippen molar-refractivity contribution in [3.05, 3.63) is 36.2 Å². The summed E-state index contributed by atoms with van der Waals surface area (Å²) in [5.74, 6) is 2.21. The van der Waals surface area contributed by atoms with E-state index in [0.717, 1.165) is 55.1 Å². The Labute approximate surface area is 183 Å². The molecule has 0 spiro atoms. The molecule has 1 saturated carbocycles. The van der Waals surface area contributed by atoms with Crippen LogP contribution in [0.25, 0.3) is 5.69 Å². The average Bonchev–Trinajstić information content (AvgIpc) is 3.17. The zero-order valence-electron chi connectivity index (χ0n) is 17.9. The lowest BCUT2D eigenvalue weighted by atomic mass is 9.87. The number of carbonyl (C=O) groups is 1. The molecular formula is C23H33N5OS. The van der Waals surface area contributed by atoms with Gasteiger partial charge < -0.3 is 5.32 Å². The first-order valence-corrected chi connectivity index (χ1v) is 12.3. The topological polar surface area (TPSA) is 63.1 Å². The van der Waals surface area contributed by atoms with Gasteiger partial charge in [-0.1, -0.05) is 43.3 Å². The summed E-state index contributed by atoms with van der Waals surface area (Å²) in [6, 6.07) is 10.6. The Hall–Kier alpha value is -1.86. The van der Waals surface area contributed by atoms with Crippen molar-refractivity contribution in [2.75, 3.05) is 18.8 Å². The van der Waals surface area contributed by atoms with Crippen LogP contribution in [0.2, 0.25) is 0 Å². The molecular weight excluding hydrogens is 394 g/mol. The van der Waals surface area contributed by atoms with Crippen LogP contribution in [0, 0.1) is 5.92 Å². The number of likely N-dealkylation sites (tertiary alicyclic amines) is 1. The van der Waals surface area contributed by atoms with E-state index in [9.17, 15) is 4.79 Å². The summed E-state index contributed by atoms with van der Waals surface area (Å²) in [5.41, 5.74) is 1.05. The summed E-state index contributed by atoms with van der Waals surface area (Å²) >= 11 is 1.48. The Morgan fingerprint density at radius 2 is 1.80 bits per heavy atom. The maximum atomic E-state index is 12.5. The summed E-state index contributed by atoms with van der Waals surface area (Å²) < 4.78 is 2.12. The molecule has 2 heterocycles. The van der Waals surface area contributed by atoms with Crippen molar-refractivity contribution in [2.45, 2.75) is 69.6 Å². The largest absolute Gasteiger partial charge is 0.353 e. The highest BCUT2D eigenvalue weighted by atomic mass is 32.2. The average molecular weight is 428 g/mol. The fourth-order valence-electron chi connectivity index (χ4n) is 4.45. The van der Waals surface area contributed by atoms with E-state index in [1.165, 1.54) is 43.9 Å². The second kappa shape index (κ2) is 10.4. The zero-order chi connectivity index (χ0) is 20.8. The molecule has 2 aliphatic rings. The number of hydrogen-bond donors (Lipinski definition) is 1. The van der Waals surface area contributed by atoms with Gasteiger partial charge in [-0.3, -0.25) is 14.3 Å². The number of amides is 1. The Kier molecular flexibility index (Phi) is 7.44. The number of nitrogens with one attached hydrogen (secondary N) is 1. The number of piperidine rings is 1. The van der Waals surface area contributed by atoms with Crippen molar-refractivity contribution < 1.29 is 4.79 Å². The highest BCUT2D eigenvalue weighted by Crippen LogP contribution is 2.25. The van der Waals surface area contributed by atoms with Crippen LogP contribution in [0.15, 0.2) is 35.5 Å². The molecule has 1 amide bonds. The third kappa shape index (κ3) is 5.64. The fraction of sp³-hybridized carbons (Fsp3) is 0.609. The van der Waals surface area contributed by atoms with Crippen molar-refractivity contribution in [1.82, 2.24) is 25.0 Å². The maximum absolute atomic E-state index is 12.5. The standard InChI is InChI=1S/C23H33N5OS/c1-18-10-12-19(13-11-18)24-22(29)17-30-23-26-25-21(16-27-14-6-3-7-15-27)28(23)20-8-4-2-5-9-20/h2,4-5,8-9,18-19H,3,6-7,10-17H2,1H3,(H,24,29). The van der Waals surface area contributed by atoms with E-state index >= 15 is 0 Å². The van der Waals surface area contributed by atoms with Crippen LogP contribution in [0.5, 0.6) is 0 Å². The molecule has 6 nitrogen and oxygen atoms in total. The molecule has 1 aromatic heterocycles. The van der Waals surface area contributed by atoms with Gasteiger partial charge in [0.1, 0.15) is 0 Å². The highest BCUT2D eigenvalue weighted by Gasteiger charge is 2.22. The molecule has 1 N–H and O–H groups in total. The monoisotopic (exact) mass is 427 g/mol. The van der Waals surface area contributed by atoms with Crippen LogP contribution in [0.3, 0.4) is 0 Å². The number of benzene rings is 1. The third-order valence-corrected chi connectivity index (χ3v) is 7.17. The van der Waals surface area contributed by atoms with Crippen LogP contribution in [0.1, 0.15) is 57.7 Å². The normalized spacial score (nSPS) is 22.7. The lowest BCUT2D eigenvalue weighted by Crippen LogP contribution is -2.38. The Morgan fingerprint density at radius 1 is 1.07 bits per heavy atom. The Bertz CT molecular complexity index is 810. The van der Waals surface area contributed by atoms with Crippen molar-refractivity contribution in [3.8, 4) is 5.69 Å². The van der Waals surface area contributed by atoms with Crippen LogP contribution in [-0.2, 0) is 11.3 Å². The van der Waals surface area contributed by atoms with Crippen molar-refractivity contribution in [1.29, 1.82) is 0 Å². The van der Waals surface area contributed by atoms with Gasteiger partial charge in [0.05, 0.1) is 12.3 Å². The van der Waals surface area contributed by atoms with Crippen molar-refractivity contribution in [3.63, 3.8) is 0 Å². The minimum absolute atomic E-state index is 0.0970. The summed E-state index contributed by atoms with van der Waals surface area (Å²) in [6.07, 6.45) is 8.43. The van der Waals surface area contributed by atoms with Gasteiger partial charge in [-0.25, -0.2) is 0 Å². The van der Waals surface area contributed by atoms with Crippen LogP contribution >= 0.6 is 11.8 Å². The lowest BCUT2D eigenvalue weighted by Gasteiger charge is -2.26. The van der Waals surface area contributed by atoms with Crippen LogP contribution in [0.4, 0.5) is 0 Å². The molecule has 7 heteroatoms. The SMILES string of the molecule is CC1CCC(NC(=O)CSc2nnc(CN3CCCCC3)n2-c2ccccc2)CC1. The minimum Gasteiger partial charge on any atom is -0.353 e. The lowest BCUT2D eigenvalue weighted by molar-refractivity contribution is -0.119. The predicted molar refractivity (Wildman–Crippen MR) is 121 cm³/mol. The maximum Gasteiger partial charge on any atom is 0.230 e. The molecule has 0 bridgehead atoms. The fourth-order valence-corrected chi connectivity index (χ4v) is 5.24. The molecule has 1 aliphatic heterocycles. The molecule has 1 aromatic carbocycles. The quantitative estimate of drug-likeness (QED) is 0.676. The number of thioether (sulfide) groups is 1. The molecule has 2 aromatic rings. The predicted octanol–water partition coefficient (Wildman–Crippen LogP) is 4.04. The van der Waals surface area contributed by atoms with E-state index in [2.05, 4.69) is 44.0 Å². The van der Waals surface area contributed by atoms with Crippen LogP contribution in [-0.4, -0.2) is 50.5 Å². The van der Waals surface area contributed by atoms with Gasteiger partial charge in [-0.15, -0.1) is 10.2 Å². The molecule has 0 unspecified atom stereocenters. The number of rotatable bonds is 7. The third-order valence-electron chi connectivity index (χ3n) is 6.24. The zero-order valence-corrected chi connectivity index (χ0v) is 18.7. The first-order valence-electron chi connectivity index (χ1n) is 11.3. The summed E-state index contributed by atoms with van der Waals surface area (Å²) in [4.78, 5) is 15.0. The molecule has 30 heavy (non-hydrogen) atoms. The van der Waals surface area contributed by atoms with E-state index < -0.39 is 0 Å². The van der Waals surface area contributed by atoms with E-state index in [-0.39, 0.29) is 5.91 Å². The number of aromatic nitrogens is 3. The minimum atomic E-state index is 0.0970. The number of nitrogens with zero attached hydrogens (tertiary/aromatic N) is 4. The van der Waals surface area contributed by atoms with E-state index in [1.807, 2.05) is 18.2 Å². The molecule has 1 aliphatic carbocycles. The Balaban J connectivity index is 1.42. The highest BCUT2D eigenvalue weighted by molar-refractivity contribution is 7.99. The second-order valence-electron chi connectivity index (χ2n) is 8.72. The van der Waals surface area contributed by atoms with E-state index in [4.69, 9.17) is 0 Å². The van der Waals surface area contributed by atoms with Crippen LogP contribution < -0.4 is 5.32 Å². The smallest absolute Gasteiger partial charge is 0.230 e. The van der Waals surface area contributed by atoms with Gasteiger partial charge >= 0.3 is 0 Å². The van der Waals surface area contributed by atoms with Gasteiger partial charge in [0.25, 0.3) is 0 Å². The van der Waals surface area contributed by atoms with E-state index in [0.29, 0.717) is 11.8 Å². The molecule has 0 atom stereocenters. The van der Waals surface area contributed by atoms with Gasteiger partial charge in [0.2, 0.25) is 5.91 Å². The number of carbonyl (C=O) groups excluding carboxylic acids is 1. The van der Waals surface area contributed by atoms with Crippen molar-refractivity contribution in [2.24, 2.45) is 5.92 Å². The summed E-state index contributed by atoms with van der Waals surface area (Å²) in [6.45, 7) is 5.33. The summed E-state index contributed by atoms with van der Waals surface area (Å²) in [7, 11) is 0. The van der Waals surface area contributed by atoms with Gasteiger partial charge in [-0.2, -0.15) is 0 Å². The molecule has 162 valence electrons. The molecule has 2 fully saturated rings. The Morgan fingerprint density at radius 3 is 2.53 bits per heavy atom. The number of hydrogen-bond acceptors (Lipinski definition) is 5. The first kappa shape index (κ1) is 21.4. The molecule has 0 radical (unpaired) electrons. The summed E-state index contributed by atoms with van der Waals surface area (Å²) in [5, 5.41) is 13.0. The molecule has 4 rings (SSSR count). The number of para-hydroxylation sites is 1. The van der Waals surface area contributed by atoms with E-state index in [1.54, 1.807) is 0 Å². The van der Waals surface area contributed by atoms with Gasteiger partial charge in [-0.05, 0) is 69.7 Å². The van der Waals surface area contributed by atoms with Crippen molar-refractivity contribution >= 4 is 17.7 Å². The van der Waals surface area contributed by atoms with Gasteiger partial charge in [0.15, 0.2) is 11.0 Å². The molecule has 1 saturated heterocycles. The first-order chi connectivity index (χ1) is 14.7. The van der Waals surface area contributed by atoms with Gasteiger partial charge in [0, 0.05) is 11.7 Å². The second-order valence-corrected chi connectivity index (χ2v) is 9.66.